The van der Waals surface area contributed by atoms with Gasteiger partial charge in [-0.15, -0.1) is 0 Å². The highest BCUT2D eigenvalue weighted by molar-refractivity contribution is 6.30. The molecule has 88 valence electrons. The summed E-state index contributed by atoms with van der Waals surface area (Å²) in [5, 5.41) is 3.11. The van der Waals surface area contributed by atoms with Crippen LogP contribution in [-0.4, -0.2) is 18.8 Å². The van der Waals surface area contributed by atoms with E-state index < -0.39 is 11.5 Å². The second-order valence-electron chi connectivity index (χ2n) is 4.36. The Morgan fingerprint density at radius 2 is 2.25 bits per heavy atom. The minimum Gasteiger partial charge on any atom is -0.314 e. The fourth-order valence-corrected chi connectivity index (χ4v) is 2.21. The molecule has 0 aliphatic carbocycles. The molecule has 1 aromatic rings. The van der Waals surface area contributed by atoms with Gasteiger partial charge < -0.3 is 5.32 Å². The molecule has 0 spiro atoms. The van der Waals surface area contributed by atoms with E-state index >= 15 is 0 Å². The summed E-state index contributed by atoms with van der Waals surface area (Å²) in [6, 6.07) is 4.48. The van der Waals surface area contributed by atoms with Crippen LogP contribution in [0, 0.1) is 5.82 Å². The summed E-state index contributed by atoms with van der Waals surface area (Å²) in [6.07, 6.45) is 1.60. The van der Waals surface area contributed by atoms with Crippen LogP contribution < -0.4 is 5.32 Å². The number of hydrogen-bond donors (Lipinski definition) is 1. The first-order valence-electron chi connectivity index (χ1n) is 5.43. The van der Waals surface area contributed by atoms with Crippen molar-refractivity contribution < 1.29 is 8.78 Å². The van der Waals surface area contributed by atoms with Crippen molar-refractivity contribution in [1.29, 1.82) is 0 Å². The van der Waals surface area contributed by atoms with Crippen molar-refractivity contribution in [1.82, 2.24) is 5.32 Å². The summed E-state index contributed by atoms with van der Waals surface area (Å²) in [6.45, 7) is 1.21. The molecule has 1 fully saturated rings. The average molecular weight is 246 g/mol. The maximum atomic E-state index is 14.3. The Hall–Kier alpha value is -0.670. The molecule has 1 aliphatic rings. The van der Waals surface area contributed by atoms with Crippen LogP contribution in [0.5, 0.6) is 0 Å². The van der Waals surface area contributed by atoms with Crippen molar-refractivity contribution in [3.8, 4) is 0 Å². The van der Waals surface area contributed by atoms with E-state index in [4.69, 9.17) is 11.6 Å². The molecule has 1 aliphatic heterocycles. The Morgan fingerprint density at radius 1 is 1.44 bits per heavy atom. The fourth-order valence-electron chi connectivity index (χ4n) is 2.10. The van der Waals surface area contributed by atoms with E-state index in [1.807, 2.05) is 0 Å². The molecule has 1 unspecified atom stereocenters. The predicted octanol–water partition coefficient (Wildman–Crippen LogP) is 3.11. The van der Waals surface area contributed by atoms with Crippen molar-refractivity contribution >= 4 is 11.6 Å². The van der Waals surface area contributed by atoms with Gasteiger partial charge in [0, 0.05) is 13.0 Å². The summed E-state index contributed by atoms with van der Waals surface area (Å²) in [4.78, 5) is 0. The van der Waals surface area contributed by atoms with Gasteiger partial charge in [0.15, 0.2) is 0 Å². The van der Waals surface area contributed by atoms with E-state index in [1.165, 1.54) is 12.1 Å². The van der Waals surface area contributed by atoms with E-state index in [0.29, 0.717) is 18.5 Å². The molecule has 1 heterocycles. The Balaban J connectivity index is 2.10. The first-order chi connectivity index (χ1) is 7.59. The molecule has 0 bridgehead atoms. The van der Waals surface area contributed by atoms with Crippen LogP contribution in [0.15, 0.2) is 18.2 Å². The molecule has 2 rings (SSSR count). The van der Waals surface area contributed by atoms with Gasteiger partial charge >= 0.3 is 0 Å². The van der Waals surface area contributed by atoms with Crippen LogP contribution in [0.2, 0.25) is 5.02 Å². The minimum atomic E-state index is -1.25. The summed E-state index contributed by atoms with van der Waals surface area (Å²) in [7, 11) is 0. The molecular weight excluding hydrogens is 232 g/mol. The van der Waals surface area contributed by atoms with Gasteiger partial charge in [-0.2, -0.15) is 0 Å². The van der Waals surface area contributed by atoms with E-state index in [9.17, 15) is 8.78 Å². The van der Waals surface area contributed by atoms with Crippen LogP contribution in [0.4, 0.5) is 8.78 Å². The molecule has 1 atom stereocenters. The van der Waals surface area contributed by atoms with Crippen LogP contribution in [0.3, 0.4) is 0 Å². The number of benzene rings is 1. The minimum absolute atomic E-state index is 0.0819. The van der Waals surface area contributed by atoms with E-state index in [0.717, 1.165) is 13.0 Å². The lowest BCUT2D eigenvalue weighted by molar-refractivity contribution is 0.122. The van der Waals surface area contributed by atoms with Crippen molar-refractivity contribution in [2.45, 2.75) is 24.9 Å². The summed E-state index contributed by atoms with van der Waals surface area (Å²) in [5.41, 5.74) is -0.591. The summed E-state index contributed by atoms with van der Waals surface area (Å²) < 4.78 is 27.5. The number of alkyl halides is 1. The van der Waals surface area contributed by atoms with E-state index in [1.54, 1.807) is 6.07 Å². The van der Waals surface area contributed by atoms with Crippen molar-refractivity contribution in [3.05, 3.63) is 34.6 Å². The monoisotopic (exact) mass is 245 g/mol. The maximum Gasteiger partial charge on any atom is 0.142 e. The average Bonchev–Trinajstić information content (AvgIpc) is 2.24. The molecule has 4 heteroatoms. The van der Waals surface area contributed by atoms with Gasteiger partial charge in [0.2, 0.25) is 0 Å². The Morgan fingerprint density at radius 3 is 2.88 bits per heavy atom. The van der Waals surface area contributed by atoms with Crippen molar-refractivity contribution in [2.24, 2.45) is 0 Å². The first kappa shape index (κ1) is 11.8. The Bertz CT molecular complexity index is 375. The molecule has 16 heavy (non-hydrogen) atoms. The number of halogens is 3. The first-order valence-corrected chi connectivity index (χ1v) is 5.80. The molecule has 0 amide bonds. The van der Waals surface area contributed by atoms with Gasteiger partial charge in [-0.25, -0.2) is 8.78 Å². The SMILES string of the molecule is Fc1cc(CC2(F)CCCNC2)ccc1Cl. The van der Waals surface area contributed by atoms with Gasteiger partial charge in [-0.05, 0) is 37.1 Å². The zero-order valence-corrected chi connectivity index (χ0v) is 9.66. The summed E-state index contributed by atoms with van der Waals surface area (Å²) in [5.74, 6) is -0.480. The molecule has 1 saturated heterocycles. The zero-order valence-electron chi connectivity index (χ0n) is 8.90. The lowest BCUT2D eigenvalue weighted by Crippen LogP contribution is -2.43. The topological polar surface area (TPSA) is 12.0 Å². The number of nitrogens with one attached hydrogen (secondary N) is 1. The molecule has 1 aromatic carbocycles. The lowest BCUT2D eigenvalue weighted by Gasteiger charge is -2.30. The third kappa shape index (κ3) is 2.71. The normalized spacial score (nSPS) is 25.7. The standard InChI is InChI=1S/C12H14ClF2N/c13-10-3-2-9(6-11(10)14)7-12(15)4-1-5-16-8-12/h2-3,6,16H,1,4-5,7-8H2. The van der Waals surface area contributed by atoms with Crippen molar-refractivity contribution in [2.75, 3.05) is 13.1 Å². The molecule has 0 aromatic heterocycles. The second kappa shape index (κ2) is 4.68. The Kier molecular flexibility index (Phi) is 3.45. The molecule has 0 radical (unpaired) electrons. The van der Waals surface area contributed by atoms with Crippen molar-refractivity contribution in [3.63, 3.8) is 0 Å². The third-order valence-electron chi connectivity index (χ3n) is 2.93. The molecule has 1 N–H and O–H groups in total. The molecule has 1 nitrogen and oxygen atoms in total. The molecule has 0 saturated carbocycles. The van der Waals surface area contributed by atoms with Gasteiger partial charge in [-0.1, -0.05) is 17.7 Å². The van der Waals surface area contributed by atoms with Gasteiger partial charge in [0.1, 0.15) is 11.5 Å². The predicted molar refractivity (Wildman–Crippen MR) is 61.1 cm³/mol. The van der Waals surface area contributed by atoms with Gasteiger partial charge in [-0.3, -0.25) is 0 Å². The third-order valence-corrected chi connectivity index (χ3v) is 3.23. The van der Waals surface area contributed by atoms with E-state index in [-0.39, 0.29) is 11.4 Å². The van der Waals surface area contributed by atoms with Gasteiger partial charge in [0.25, 0.3) is 0 Å². The van der Waals surface area contributed by atoms with Crippen LogP contribution in [-0.2, 0) is 6.42 Å². The fraction of sp³-hybridized carbons (Fsp3) is 0.500. The highest BCUT2D eigenvalue weighted by Gasteiger charge is 2.31. The maximum absolute atomic E-state index is 14.3. The van der Waals surface area contributed by atoms with Crippen LogP contribution in [0.25, 0.3) is 0 Å². The van der Waals surface area contributed by atoms with Crippen LogP contribution in [0.1, 0.15) is 18.4 Å². The number of piperidine rings is 1. The zero-order chi connectivity index (χ0) is 11.6. The van der Waals surface area contributed by atoms with Gasteiger partial charge in [0.05, 0.1) is 5.02 Å². The summed E-state index contributed by atoms with van der Waals surface area (Å²) >= 11 is 5.58. The van der Waals surface area contributed by atoms with Crippen LogP contribution >= 0.6 is 11.6 Å². The number of rotatable bonds is 2. The number of hydrogen-bond acceptors (Lipinski definition) is 1. The molecular formula is C12H14ClF2N. The van der Waals surface area contributed by atoms with E-state index in [2.05, 4.69) is 5.32 Å². The quantitative estimate of drug-likeness (QED) is 0.844. The smallest absolute Gasteiger partial charge is 0.142 e. The largest absolute Gasteiger partial charge is 0.314 e. The Labute approximate surface area is 98.8 Å². The highest BCUT2D eigenvalue weighted by atomic mass is 35.5. The second-order valence-corrected chi connectivity index (χ2v) is 4.76. The highest BCUT2D eigenvalue weighted by Crippen LogP contribution is 2.27. The lowest BCUT2D eigenvalue weighted by atomic mass is 9.89.